The molecule has 124 valence electrons. The van der Waals surface area contributed by atoms with Crippen LogP contribution in [-0.2, 0) is 14.3 Å². The summed E-state index contributed by atoms with van der Waals surface area (Å²) in [6.07, 6.45) is 0.695. The third-order valence-electron chi connectivity index (χ3n) is 3.46. The molecule has 0 radical (unpaired) electrons. The van der Waals surface area contributed by atoms with E-state index >= 15 is 0 Å². The van der Waals surface area contributed by atoms with Crippen LogP contribution in [0.2, 0.25) is 0 Å². The molecule has 1 aromatic carbocycles. The molecule has 1 heterocycles. The average Bonchev–Trinajstić information content (AvgIpc) is 2.57. The smallest absolute Gasteiger partial charge is 0.328 e. The molecule has 0 aliphatic carbocycles. The lowest BCUT2D eigenvalue weighted by Crippen LogP contribution is -2.48. The largest absolute Gasteiger partial charge is 0.482 e. The number of ketones is 1. The number of ether oxygens (including phenoxy) is 2. The van der Waals surface area contributed by atoms with Crippen molar-refractivity contribution in [1.82, 2.24) is 0 Å². The Morgan fingerprint density at radius 1 is 1.43 bits per heavy atom. The number of carbonyl (C=O) groups is 3. The fourth-order valence-corrected chi connectivity index (χ4v) is 2.43. The van der Waals surface area contributed by atoms with Crippen LogP contribution in [0.5, 0.6) is 5.75 Å². The molecule has 0 fully saturated rings. The Morgan fingerprint density at radius 3 is 2.83 bits per heavy atom. The van der Waals surface area contributed by atoms with Crippen LogP contribution in [0, 0.1) is 0 Å². The van der Waals surface area contributed by atoms with Crippen molar-refractivity contribution in [2.45, 2.75) is 26.3 Å². The normalized spacial score (nSPS) is 14.7. The summed E-state index contributed by atoms with van der Waals surface area (Å²) in [5.74, 6) is -0.864. The number of anilines is 1. The second-order valence-corrected chi connectivity index (χ2v) is 5.40. The van der Waals surface area contributed by atoms with Gasteiger partial charge in [0.1, 0.15) is 11.8 Å². The summed E-state index contributed by atoms with van der Waals surface area (Å²) in [5, 5.41) is 0. The van der Waals surface area contributed by atoms with Crippen molar-refractivity contribution < 1.29 is 23.9 Å². The second-order valence-electron chi connectivity index (χ2n) is 5.14. The van der Waals surface area contributed by atoms with Crippen molar-refractivity contribution in [2.24, 2.45) is 0 Å². The lowest BCUT2D eigenvalue weighted by Gasteiger charge is -2.33. The number of amides is 1. The Kier molecular flexibility index (Phi) is 5.60. The van der Waals surface area contributed by atoms with Gasteiger partial charge in [0.2, 0.25) is 0 Å². The van der Waals surface area contributed by atoms with E-state index in [9.17, 15) is 14.4 Å². The maximum atomic E-state index is 12.2. The standard InChI is InChI=1S/C16H18ClNO5/c1-3-6-22-16(21)10(2)18-12-7-11(13(19)8-17)4-5-14(12)23-9-15(18)20/h4-5,7,10H,3,6,8-9H2,1-2H3. The van der Waals surface area contributed by atoms with Gasteiger partial charge in [-0.2, -0.15) is 0 Å². The number of alkyl halides is 1. The molecule has 0 saturated carbocycles. The molecule has 0 N–H and O–H groups in total. The van der Waals surface area contributed by atoms with Crippen LogP contribution in [0.1, 0.15) is 30.6 Å². The topological polar surface area (TPSA) is 72.9 Å². The molecule has 0 saturated heterocycles. The molecule has 1 unspecified atom stereocenters. The molecule has 23 heavy (non-hydrogen) atoms. The van der Waals surface area contributed by atoms with E-state index in [1.54, 1.807) is 19.1 Å². The van der Waals surface area contributed by atoms with Gasteiger partial charge in [-0.05, 0) is 31.5 Å². The Morgan fingerprint density at radius 2 is 2.17 bits per heavy atom. The SMILES string of the molecule is CCCOC(=O)C(C)N1C(=O)COc2ccc(C(=O)CCl)cc21. The van der Waals surface area contributed by atoms with Gasteiger partial charge >= 0.3 is 5.97 Å². The summed E-state index contributed by atoms with van der Waals surface area (Å²) in [7, 11) is 0. The molecule has 1 atom stereocenters. The van der Waals surface area contributed by atoms with Gasteiger partial charge < -0.3 is 9.47 Å². The lowest BCUT2D eigenvalue weighted by molar-refractivity contribution is -0.146. The van der Waals surface area contributed by atoms with E-state index in [-0.39, 0.29) is 24.2 Å². The molecule has 6 nitrogen and oxygen atoms in total. The van der Waals surface area contributed by atoms with Gasteiger partial charge in [0.05, 0.1) is 18.2 Å². The van der Waals surface area contributed by atoms with Crippen LogP contribution in [0.4, 0.5) is 5.69 Å². The second kappa shape index (κ2) is 7.46. The van der Waals surface area contributed by atoms with E-state index in [1.807, 2.05) is 6.92 Å². The highest BCUT2D eigenvalue weighted by Crippen LogP contribution is 2.34. The third kappa shape index (κ3) is 3.64. The van der Waals surface area contributed by atoms with E-state index in [4.69, 9.17) is 21.1 Å². The third-order valence-corrected chi connectivity index (χ3v) is 3.70. The Labute approximate surface area is 139 Å². The Hall–Kier alpha value is -2.08. The molecule has 0 spiro atoms. The van der Waals surface area contributed by atoms with Crippen molar-refractivity contribution in [1.29, 1.82) is 0 Å². The van der Waals surface area contributed by atoms with E-state index in [1.165, 1.54) is 11.0 Å². The van der Waals surface area contributed by atoms with E-state index in [2.05, 4.69) is 0 Å². The molecule has 1 amide bonds. The number of nitrogens with zero attached hydrogens (tertiary/aromatic N) is 1. The molecule has 0 aromatic heterocycles. The first-order valence-electron chi connectivity index (χ1n) is 7.34. The van der Waals surface area contributed by atoms with Crippen LogP contribution in [0.25, 0.3) is 0 Å². The van der Waals surface area contributed by atoms with Crippen LogP contribution in [0.15, 0.2) is 18.2 Å². The van der Waals surface area contributed by atoms with Gasteiger partial charge in [-0.15, -0.1) is 11.6 Å². The van der Waals surface area contributed by atoms with Gasteiger partial charge in [0, 0.05) is 5.56 Å². The number of benzene rings is 1. The zero-order chi connectivity index (χ0) is 17.0. The monoisotopic (exact) mass is 339 g/mol. The van der Waals surface area contributed by atoms with Gasteiger partial charge in [-0.3, -0.25) is 14.5 Å². The number of hydrogen-bond donors (Lipinski definition) is 0. The van der Waals surface area contributed by atoms with Crippen molar-refractivity contribution in [3.63, 3.8) is 0 Å². The zero-order valence-corrected chi connectivity index (χ0v) is 13.8. The molecule has 1 aromatic rings. The number of halogens is 1. The first kappa shape index (κ1) is 17.3. The molecule has 0 bridgehead atoms. The highest BCUT2D eigenvalue weighted by atomic mass is 35.5. The molecule has 7 heteroatoms. The average molecular weight is 340 g/mol. The number of fused-ring (bicyclic) bond motifs is 1. The quantitative estimate of drug-likeness (QED) is 0.451. The van der Waals surface area contributed by atoms with Crippen LogP contribution >= 0.6 is 11.6 Å². The molecular formula is C16H18ClNO5. The highest BCUT2D eigenvalue weighted by molar-refractivity contribution is 6.30. The molecule has 2 rings (SSSR count). The summed E-state index contributed by atoms with van der Waals surface area (Å²) in [4.78, 5) is 37.4. The number of carbonyl (C=O) groups excluding carboxylic acids is 3. The predicted octanol–water partition coefficient (Wildman–Crippen LogP) is 2.18. The molecule has 1 aliphatic rings. The van der Waals surface area contributed by atoms with Crippen molar-refractivity contribution >= 4 is 34.9 Å². The maximum Gasteiger partial charge on any atom is 0.328 e. The lowest BCUT2D eigenvalue weighted by atomic mass is 10.1. The number of Topliss-reactive ketones (excluding diaryl/α,β-unsaturated/α-hetero) is 1. The first-order chi connectivity index (χ1) is 11.0. The van der Waals surface area contributed by atoms with Crippen molar-refractivity contribution in [3.8, 4) is 5.75 Å². The summed E-state index contributed by atoms with van der Waals surface area (Å²) >= 11 is 5.57. The fraction of sp³-hybridized carbons (Fsp3) is 0.438. The number of rotatable bonds is 6. The summed E-state index contributed by atoms with van der Waals surface area (Å²) in [6.45, 7) is 3.60. The minimum atomic E-state index is -0.807. The summed E-state index contributed by atoms with van der Waals surface area (Å²) in [6, 6.07) is 3.88. The van der Waals surface area contributed by atoms with E-state index in [0.717, 1.165) is 0 Å². The molecule has 1 aliphatic heterocycles. The fourth-order valence-electron chi connectivity index (χ4n) is 2.27. The van der Waals surface area contributed by atoms with Crippen LogP contribution in [-0.4, -0.2) is 42.8 Å². The van der Waals surface area contributed by atoms with Crippen LogP contribution < -0.4 is 9.64 Å². The van der Waals surface area contributed by atoms with Gasteiger partial charge in [0.25, 0.3) is 5.91 Å². The number of esters is 1. The Balaban J connectivity index is 2.36. The number of hydrogen-bond acceptors (Lipinski definition) is 5. The predicted molar refractivity (Wildman–Crippen MR) is 85.2 cm³/mol. The highest BCUT2D eigenvalue weighted by Gasteiger charge is 2.34. The van der Waals surface area contributed by atoms with Gasteiger partial charge in [0.15, 0.2) is 12.4 Å². The van der Waals surface area contributed by atoms with Crippen molar-refractivity contribution in [3.05, 3.63) is 23.8 Å². The van der Waals surface area contributed by atoms with Crippen molar-refractivity contribution in [2.75, 3.05) is 24.0 Å². The van der Waals surface area contributed by atoms with Gasteiger partial charge in [-0.1, -0.05) is 6.92 Å². The Bertz CT molecular complexity index is 631. The van der Waals surface area contributed by atoms with Gasteiger partial charge in [-0.25, -0.2) is 4.79 Å². The van der Waals surface area contributed by atoms with Crippen LogP contribution in [0.3, 0.4) is 0 Å². The summed E-state index contributed by atoms with van der Waals surface area (Å²) in [5.41, 5.74) is 0.731. The first-order valence-corrected chi connectivity index (χ1v) is 7.87. The minimum absolute atomic E-state index is 0.165. The zero-order valence-electron chi connectivity index (χ0n) is 13.0. The molecular weight excluding hydrogens is 322 g/mol. The minimum Gasteiger partial charge on any atom is -0.482 e. The summed E-state index contributed by atoms with van der Waals surface area (Å²) < 4.78 is 10.5. The van der Waals surface area contributed by atoms with E-state index in [0.29, 0.717) is 30.0 Å². The maximum absolute atomic E-state index is 12.2. The van der Waals surface area contributed by atoms with E-state index < -0.39 is 12.0 Å².